The minimum Gasteiger partial charge on any atom is -0.304 e. The van der Waals surface area contributed by atoms with Gasteiger partial charge in [0.1, 0.15) is 4.88 Å². The Morgan fingerprint density at radius 3 is 2.55 bits per heavy atom. The maximum absolute atomic E-state index is 12.6. The molecule has 1 saturated heterocycles. The predicted octanol–water partition coefficient (Wildman–Crippen LogP) is 2.01. The van der Waals surface area contributed by atoms with Crippen molar-refractivity contribution in [3.63, 3.8) is 0 Å². The second kappa shape index (κ2) is 6.56. The number of piperazine rings is 1. The molecule has 0 unspecified atom stereocenters. The number of rotatable bonds is 3. The van der Waals surface area contributed by atoms with Crippen molar-refractivity contribution in [2.75, 3.05) is 33.2 Å². The Bertz CT molecular complexity index is 647. The summed E-state index contributed by atoms with van der Waals surface area (Å²) < 4.78 is 0. The number of aryl methyl sites for hydroxylation is 1. The van der Waals surface area contributed by atoms with Gasteiger partial charge in [0.15, 0.2) is 0 Å². The SMILES string of the molecule is Cc1nc(-c2ccccc2)c(C(=O)NN2CCN(C)CC2)s1. The summed E-state index contributed by atoms with van der Waals surface area (Å²) in [4.78, 5) is 20.1. The molecule has 0 spiro atoms. The van der Waals surface area contributed by atoms with Crippen molar-refractivity contribution in [1.82, 2.24) is 20.3 Å². The second-order valence-electron chi connectivity index (χ2n) is 5.51. The Morgan fingerprint density at radius 1 is 1.18 bits per heavy atom. The zero-order chi connectivity index (χ0) is 15.5. The predicted molar refractivity (Wildman–Crippen MR) is 88.8 cm³/mol. The van der Waals surface area contributed by atoms with Crippen LogP contribution in [0.3, 0.4) is 0 Å². The van der Waals surface area contributed by atoms with Gasteiger partial charge in [0.2, 0.25) is 0 Å². The van der Waals surface area contributed by atoms with Gasteiger partial charge in [-0.05, 0) is 14.0 Å². The number of hydrazine groups is 1. The molecule has 116 valence electrons. The number of carbonyl (C=O) groups excluding carboxylic acids is 1. The molecule has 3 rings (SSSR count). The number of carbonyl (C=O) groups is 1. The average Bonchev–Trinajstić information content (AvgIpc) is 2.92. The minimum atomic E-state index is -0.0611. The van der Waals surface area contributed by atoms with Gasteiger partial charge in [-0.1, -0.05) is 30.3 Å². The molecule has 0 radical (unpaired) electrons. The molecule has 22 heavy (non-hydrogen) atoms. The van der Waals surface area contributed by atoms with Gasteiger partial charge in [0, 0.05) is 31.7 Å². The summed E-state index contributed by atoms with van der Waals surface area (Å²) in [6, 6.07) is 9.87. The molecular formula is C16H20N4OS. The molecule has 2 aromatic rings. The van der Waals surface area contributed by atoms with E-state index >= 15 is 0 Å². The largest absolute Gasteiger partial charge is 0.304 e. The van der Waals surface area contributed by atoms with Crippen molar-refractivity contribution in [2.24, 2.45) is 0 Å². The molecule has 1 fully saturated rings. The highest BCUT2D eigenvalue weighted by Crippen LogP contribution is 2.27. The van der Waals surface area contributed by atoms with Crippen LogP contribution in [-0.2, 0) is 0 Å². The van der Waals surface area contributed by atoms with E-state index in [9.17, 15) is 4.79 Å². The molecule has 1 amide bonds. The number of benzene rings is 1. The third kappa shape index (κ3) is 3.35. The van der Waals surface area contributed by atoms with Crippen LogP contribution in [0.25, 0.3) is 11.3 Å². The number of nitrogens with one attached hydrogen (secondary N) is 1. The van der Waals surface area contributed by atoms with Crippen molar-refractivity contribution < 1.29 is 4.79 Å². The van der Waals surface area contributed by atoms with Crippen molar-refractivity contribution in [2.45, 2.75) is 6.92 Å². The Labute approximate surface area is 134 Å². The van der Waals surface area contributed by atoms with Crippen molar-refractivity contribution in [3.05, 3.63) is 40.2 Å². The van der Waals surface area contributed by atoms with Crippen LogP contribution in [0, 0.1) is 6.92 Å². The third-order valence-corrected chi connectivity index (χ3v) is 4.72. The first kappa shape index (κ1) is 15.1. The number of aromatic nitrogens is 1. The van der Waals surface area contributed by atoms with E-state index in [1.807, 2.05) is 42.3 Å². The van der Waals surface area contributed by atoms with Gasteiger partial charge in [-0.15, -0.1) is 11.3 Å². The Balaban J connectivity index is 1.78. The standard InChI is InChI=1S/C16H20N4OS/c1-12-17-14(13-6-4-3-5-7-13)15(22-12)16(21)18-20-10-8-19(2)9-11-20/h3-7H,8-11H2,1-2H3,(H,18,21). The van der Waals surface area contributed by atoms with Crippen LogP contribution in [0.5, 0.6) is 0 Å². The molecular weight excluding hydrogens is 296 g/mol. The van der Waals surface area contributed by atoms with Crippen LogP contribution in [-0.4, -0.2) is 54.0 Å². The molecule has 1 aliphatic rings. The molecule has 0 bridgehead atoms. The van der Waals surface area contributed by atoms with E-state index in [0.717, 1.165) is 42.4 Å². The lowest BCUT2D eigenvalue weighted by molar-refractivity contribution is 0.0667. The van der Waals surface area contributed by atoms with Crippen LogP contribution >= 0.6 is 11.3 Å². The second-order valence-corrected chi connectivity index (χ2v) is 6.71. The number of nitrogens with zero attached hydrogens (tertiary/aromatic N) is 3. The van der Waals surface area contributed by atoms with E-state index < -0.39 is 0 Å². The maximum Gasteiger partial charge on any atom is 0.277 e. The van der Waals surface area contributed by atoms with Gasteiger partial charge in [0.05, 0.1) is 10.7 Å². The first-order valence-corrected chi connectivity index (χ1v) is 8.22. The minimum absolute atomic E-state index is 0.0611. The highest BCUT2D eigenvalue weighted by Gasteiger charge is 2.21. The number of likely N-dealkylation sites (N-methyl/N-ethyl adjacent to an activating group) is 1. The van der Waals surface area contributed by atoms with Gasteiger partial charge < -0.3 is 4.90 Å². The van der Waals surface area contributed by atoms with Crippen molar-refractivity contribution >= 4 is 17.2 Å². The molecule has 1 N–H and O–H groups in total. The molecule has 0 saturated carbocycles. The van der Waals surface area contributed by atoms with Gasteiger partial charge in [-0.3, -0.25) is 10.2 Å². The smallest absolute Gasteiger partial charge is 0.277 e. The number of hydrogen-bond acceptors (Lipinski definition) is 5. The number of amides is 1. The molecule has 2 heterocycles. The molecule has 6 heteroatoms. The fourth-order valence-electron chi connectivity index (χ4n) is 2.49. The molecule has 1 aromatic carbocycles. The van der Waals surface area contributed by atoms with Gasteiger partial charge >= 0.3 is 0 Å². The van der Waals surface area contributed by atoms with E-state index in [2.05, 4.69) is 22.4 Å². The molecule has 5 nitrogen and oxygen atoms in total. The maximum atomic E-state index is 12.6. The van der Waals surface area contributed by atoms with E-state index in [-0.39, 0.29) is 5.91 Å². The molecule has 1 aliphatic heterocycles. The molecule has 0 aliphatic carbocycles. The molecule has 1 aromatic heterocycles. The van der Waals surface area contributed by atoms with Gasteiger partial charge in [0.25, 0.3) is 5.91 Å². The van der Waals surface area contributed by atoms with E-state index in [1.165, 1.54) is 11.3 Å². The lowest BCUT2D eigenvalue weighted by atomic mass is 10.1. The topological polar surface area (TPSA) is 48.5 Å². The highest BCUT2D eigenvalue weighted by atomic mass is 32.1. The van der Waals surface area contributed by atoms with Crippen LogP contribution in [0.15, 0.2) is 30.3 Å². The van der Waals surface area contributed by atoms with Crippen LogP contribution < -0.4 is 5.43 Å². The first-order valence-electron chi connectivity index (χ1n) is 7.41. The zero-order valence-electron chi connectivity index (χ0n) is 12.9. The first-order chi connectivity index (χ1) is 10.6. The van der Waals surface area contributed by atoms with E-state index in [1.54, 1.807) is 0 Å². The lowest BCUT2D eigenvalue weighted by Gasteiger charge is -2.32. The summed E-state index contributed by atoms with van der Waals surface area (Å²) in [7, 11) is 2.10. The summed E-state index contributed by atoms with van der Waals surface area (Å²) >= 11 is 1.45. The summed E-state index contributed by atoms with van der Waals surface area (Å²) in [6.07, 6.45) is 0. The van der Waals surface area contributed by atoms with Crippen molar-refractivity contribution in [3.8, 4) is 11.3 Å². The number of thiazole rings is 1. The van der Waals surface area contributed by atoms with Crippen LogP contribution in [0.4, 0.5) is 0 Å². The van der Waals surface area contributed by atoms with Crippen LogP contribution in [0.1, 0.15) is 14.7 Å². The quantitative estimate of drug-likeness (QED) is 0.941. The Hall–Kier alpha value is -1.76. The lowest BCUT2D eigenvalue weighted by Crippen LogP contribution is -2.52. The number of hydrogen-bond donors (Lipinski definition) is 1. The summed E-state index contributed by atoms with van der Waals surface area (Å²) in [5, 5.41) is 2.90. The average molecular weight is 316 g/mol. The highest BCUT2D eigenvalue weighted by molar-refractivity contribution is 7.14. The van der Waals surface area contributed by atoms with Crippen molar-refractivity contribution in [1.29, 1.82) is 0 Å². The Kier molecular flexibility index (Phi) is 4.52. The summed E-state index contributed by atoms with van der Waals surface area (Å²) in [5.74, 6) is -0.0611. The third-order valence-electron chi connectivity index (χ3n) is 3.75. The van der Waals surface area contributed by atoms with E-state index in [0.29, 0.717) is 4.88 Å². The normalized spacial score (nSPS) is 16.6. The zero-order valence-corrected chi connectivity index (χ0v) is 13.7. The monoisotopic (exact) mass is 316 g/mol. The fraction of sp³-hybridized carbons (Fsp3) is 0.375. The molecule has 0 atom stereocenters. The summed E-state index contributed by atoms with van der Waals surface area (Å²) in [5.41, 5.74) is 4.77. The van der Waals surface area contributed by atoms with Gasteiger partial charge in [-0.25, -0.2) is 9.99 Å². The Morgan fingerprint density at radius 2 is 1.86 bits per heavy atom. The van der Waals surface area contributed by atoms with E-state index in [4.69, 9.17) is 0 Å². The fourth-order valence-corrected chi connectivity index (χ4v) is 3.32. The summed E-state index contributed by atoms with van der Waals surface area (Å²) in [6.45, 7) is 5.56. The van der Waals surface area contributed by atoms with Crippen LogP contribution in [0.2, 0.25) is 0 Å². The van der Waals surface area contributed by atoms with Gasteiger partial charge in [-0.2, -0.15) is 0 Å².